The van der Waals surface area contributed by atoms with Crippen LogP contribution in [0.1, 0.15) is 12.5 Å². The summed E-state index contributed by atoms with van der Waals surface area (Å²) in [6, 6.07) is 7.29. The van der Waals surface area contributed by atoms with Crippen molar-refractivity contribution in [3.05, 3.63) is 57.0 Å². The second-order valence-corrected chi connectivity index (χ2v) is 6.21. The van der Waals surface area contributed by atoms with Crippen molar-refractivity contribution in [2.75, 3.05) is 7.11 Å². The van der Waals surface area contributed by atoms with Gasteiger partial charge in [-0.3, -0.25) is 18.7 Å². The maximum atomic E-state index is 12.4. The second kappa shape index (κ2) is 7.51. The fourth-order valence-electron chi connectivity index (χ4n) is 2.77. The van der Waals surface area contributed by atoms with Gasteiger partial charge in [0.25, 0.3) is 11.5 Å². The van der Waals surface area contributed by atoms with E-state index in [0.29, 0.717) is 11.5 Å². The molecule has 2 aromatic heterocycles. The van der Waals surface area contributed by atoms with Crippen LogP contribution in [0.4, 0.5) is 0 Å². The summed E-state index contributed by atoms with van der Waals surface area (Å²) in [5, 5.41) is 4.09. The number of aryl methyl sites for hydroxylation is 1. The van der Waals surface area contributed by atoms with Crippen LogP contribution in [-0.4, -0.2) is 37.4 Å². The maximum absolute atomic E-state index is 12.4. The summed E-state index contributed by atoms with van der Waals surface area (Å²) in [4.78, 5) is 40.7. The van der Waals surface area contributed by atoms with E-state index >= 15 is 0 Å². The molecule has 0 bridgehead atoms. The molecular formula is C18H20N6O4. The van der Waals surface area contributed by atoms with E-state index in [1.54, 1.807) is 20.1 Å². The molecule has 0 aliphatic carbocycles. The van der Waals surface area contributed by atoms with Gasteiger partial charge in [0, 0.05) is 19.7 Å². The largest absolute Gasteiger partial charge is 0.497 e. The number of carbonyl (C=O) groups is 1. The van der Waals surface area contributed by atoms with Crippen LogP contribution in [0.2, 0.25) is 0 Å². The molecule has 0 fully saturated rings. The number of amides is 1. The van der Waals surface area contributed by atoms with E-state index in [0.717, 1.165) is 10.1 Å². The molecular weight excluding hydrogens is 364 g/mol. The lowest BCUT2D eigenvalue weighted by Crippen LogP contribution is -2.38. The standard InChI is InChI=1S/C18H20N6O4/c1-11(12-6-5-7-13(8-12)28-4)20-21-14(25)9-24-10-19-16-15(24)17(26)23(3)18(27)22(16)2/h5-8,10H,9H2,1-4H3,(H,21,25). The number of hydrazone groups is 1. The average Bonchev–Trinajstić information content (AvgIpc) is 3.12. The van der Waals surface area contributed by atoms with Gasteiger partial charge in [0.2, 0.25) is 0 Å². The van der Waals surface area contributed by atoms with Gasteiger partial charge in [-0.1, -0.05) is 12.1 Å². The summed E-state index contributed by atoms with van der Waals surface area (Å²) < 4.78 is 8.80. The number of ether oxygens (including phenoxy) is 1. The molecule has 3 aromatic rings. The lowest BCUT2D eigenvalue weighted by Gasteiger charge is -2.07. The highest BCUT2D eigenvalue weighted by Gasteiger charge is 2.15. The summed E-state index contributed by atoms with van der Waals surface area (Å²) in [6.07, 6.45) is 1.35. The lowest BCUT2D eigenvalue weighted by molar-refractivity contribution is -0.121. The van der Waals surface area contributed by atoms with Crippen molar-refractivity contribution in [3.63, 3.8) is 0 Å². The number of rotatable bonds is 5. The normalized spacial score (nSPS) is 11.6. The molecule has 0 atom stereocenters. The number of hydrogen-bond acceptors (Lipinski definition) is 6. The number of aromatic nitrogens is 4. The molecule has 1 N–H and O–H groups in total. The minimum absolute atomic E-state index is 0.168. The van der Waals surface area contributed by atoms with Crippen LogP contribution in [0.15, 0.2) is 45.3 Å². The monoisotopic (exact) mass is 384 g/mol. The zero-order valence-corrected chi connectivity index (χ0v) is 16.0. The molecule has 146 valence electrons. The van der Waals surface area contributed by atoms with Crippen LogP contribution in [0.5, 0.6) is 5.75 Å². The predicted octanol–water partition coefficient (Wildman–Crippen LogP) is -0.0173. The predicted molar refractivity (Wildman–Crippen MR) is 104 cm³/mol. The molecule has 0 aliphatic rings. The molecule has 1 amide bonds. The second-order valence-electron chi connectivity index (χ2n) is 6.21. The van der Waals surface area contributed by atoms with Gasteiger partial charge >= 0.3 is 5.69 Å². The lowest BCUT2D eigenvalue weighted by atomic mass is 10.1. The van der Waals surface area contributed by atoms with E-state index in [1.165, 1.54) is 29.6 Å². The van der Waals surface area contributed by atoms with E-state index in [-0.39, 0.29) is 17.7 Å². The van der Waals surface area contributed by atoms with E-state index in [9.17, 15) is 14.4 Å². The molecule has 0 spiro atoms. The van der Waals surface area contributed by atoms with Gasteiger partial charge in [0.05, 0.1) is 19.1 Å². The number of hydrogen-bond donors (Lipinski definition) is 1. The number of carbonyl (C=O) groups excluding carboxylic acids is 1. The highest BCUT2D eigenvalue weighted by Crippen LogP contribution is 2.13. The Morgan fingerprint density at radius 2 is 2.00 bits per heavy atom. The van der Waals surface area contributed by atoms with Crippen molar-refractivity contribution in [3.8, 4) is 5.75 Å². The number of fused-ring (bicyclic) bond motifs is 1. The Labute approximate surface area is 159 Å². The highest BCUT2D eigenvalue weighted by molar-refractivity contribution is 5.99. The molecule has 10 nitrogen and oxygen atoms in total. The van der Waals surface area contributed by atoms with Crippen LogP contribution in [-0.2, 0) is 25.4 Å². The number of nitrogens with one attached hydrogen (secondary N) is 1. The minimum atomic E-state index is -0.514. The Morgan fingerprint density at radius 3 is 2.71 bits per heavy atom. The molecule has 0 radical (unpaired) electrons. The number of benzene rings is 1. The van der Waals surface area contributed by atoms with Crippen molar-refractivity contribution in [2.45, 2.75) is 13.5 Å². The van der Waals surface area contributed by atoms with Crippen LogP contribution in [0.25, 0.3) is 11.2 Å². The topological polar surface area (TPSA) is 113 Å². The summed E-state index contributed by atoms with van der Waals surface area (Å²) in [7, 11) is 4.47. The van der Waals surface area contributed by atoms with Gasteiger partial charge in [-0.15, -0.1) is 0 Å². The van der Waals surface area contributed by atoms with Gasteiger partial charge in [-0.25, -0.2) is 15.2 Å². The SMILES string of the molecule is COc1cccc(C(C)=NNC(=O)Cn2cnc3c2c(=O)n(C)c(=O)n3C)c1. The number of imidazole rings is 1. The highest BCUT2D eigenvalue weighted by atomic mass is 16.5. The van der Waals surface area contributed by atoms with Crippen LogP contribution >= 0.6 is 0 Å². The van der Waals surface area contributed by atoms with Crippen molar-refractivity contribution in [2.24, 2.45) is 19.2 Å². The molecule has 1 aromatic carbocycles. The molecule has 3 rings (SSSR count). The summed E-state index contributed by atoms with van der Waals surface area (Å²) in [5.74, 6) is 0.252. The smallest absolute Gasteiger partial charge is 0.332 e. The van der Waals surface area contributed by atoms with E-state index in [1.807, 2.05) is 18.2 Å². The van der Waals surface area contributed by atoms with Crippen molar-refractivity contribution in [1.29, 1.82) is 0 Å². The summed E-state index contributed by atoms with van der Waals surface area (Å²) >= 11 is 0. The van der Waals surface area contributed by atoms with Crippen LogP contribution in [0, 0.1) is 0 Å². The zero-order valence-electron chi connectivity index (χ0n) is 16.0. The first-order valence-corrected chi connectivity index (χ1v) is 8.42. The fraction of sp³-hybridized carbons (Fsp3) is 0.278. The Morgan fingerprint density at radius 1 is 1.25 bits per heavy atom. The molecule has 2 heterocycles. The number of methoxy groups -OCH3 is 1. The van der Waals surface area contributed by atoms with Crippen molar-refractivity contribution < 1.29 is 9.53 Å². The Balaban J connectivity index is 1.82. The zero-order chi connectivity index (χ0) is 20.4. The summed E-state index contributed by atoms with van der Waals surface area (Å²) in [6.45, 7) is 1.59. The third-order valence-electron chi connectivity index (χ3n) is 4.37. The first kappa shape index (κ1) is 19.1. The minimum Gasteiger partial charge on any atom is -0.497 e. The molecule has 0 aliphatic heterocycles. The van der Waals surface area contributed by atoms with Gasteiger partial charge in [-0.2, -0.15) is 5.10 Å². The Hall–Kier alpha value is -3.69. The first-order valence-electron chi connectivity index (χ1n) is 8.42. The van der Waals surface area contributed by atoms with E-state index < -0.39 is 17.2 Å². The van der Waals surface area contributed by atoms with E-state index in [2.05, 4.69) is 15.5 Å². The molecule has 0 unspecified atom stereocenters. The molecule has 10 heteroatoms. The fourth-order valence-corrected chi connectivity index (χ4v) is 2.77. The molecule has 0 saturated heterocycles. The number of nitrogens with zero attached hydrogens (tertiary/aromatic N) is 5. The maximum Gasteiger partial charge on any atom is 0.332 e. The average molecular weight is 384 g/mol. The Kier molecular flexibility index (Phi) is 5.12. The third kappa shape index (κ3) is 3.43. The van der Waals surface area contributed by atoms with Crippen molar-refractivity contribution in [1.82, 2.24) is 24.1 Å². The van der Waals surface area contributed by atoms with Crippen molar-refractivity contribution >= 4 is 22.8 Å². The Bertz CT molecular complexity index is 1200. The van der Waals surface area contributed by atoms with Gasteiger partial charge in [0.15, 0.2) is 11.2 Å². The van der Waals surface area contributed by atoms with Gasteiger partial charge < -0.3 is 9.30 Å². The van der Waals surface area contributed by atoms with E-state index in [4.69, 9.17) is 4.74 Å². The molecule has 0 saturated carbocycles. The van der Waals surface area contributed by atoms with Gasteiger partial charge in [0.1, 0.15) is 12.3 Å². The quantitative estimate of drug-likeness (QED) is 0.491. The van der Waals surface area contributed by atoms with Crippen LogP contribution < -0.4 is 21.4 Å². The summed E-state index contributed by atoms with van der Waals surface area (Å²) in [5.41, 5.74) is 3.26. The van der Waals surface area contributed by atoms with Crippen LogP contribution in [0.3, 0.4) is 0 Å². The van der Waals surface area contributed by atoms with Gasteiger partial charge in [-0.05, 0) is 19.1 Å². The molecule has 28 heavy (non-hydrogen) atoms. The first-order chi connectivity index (χ1) is 13.3. The third-order valence-corrected chi connectivity index (χ3v) is 4.37.